The third-order valence-electron chi connectivity index (χ3n) is 5.68. The molecule has 7 heteroatoms. The van der Waals surface area contributed by atoms with Crippen LogP contribution >= 0.6 is 0 Å². The maximum absolute atomic E-state index is 10.0. The number of nitriles is 1. The summed E-state index contributed by atoms with van der Waals surface area (Å²) in [5.41, 5.74) is 8.32. The third-order valence-corrected chi connectivity index (χ3v) is 5.68. The molecule has 1 saturated carbocycles. The lowest BCUT2D eigenvalue weighted by Crippen LogP contribution is -2.17. The molecule has 182 valence electrons. The second-order valence-electron chi connectivity index (χ2n) is 7.68. The number of hydrogen-bond donors (Lipinski definition) is 1. The number of nitrogens with zero attached hydrogens (tertiary/aromatic N) is 2. The van der Waals surface area contributed by atoms with E-state index in [1.165, 1.54) is 13.5 Å². The molecular weight excluding hydrogens is 430 g/mol. The van der Waals surface area contributed by atoms with Gasteiger partial charge in [0.1, 0.15) is 31.0 Å². The molecule has 0 aliphatic heterocycles. The van der Waals surface area contributed by atoms with Gasteiger partial charge in [-0.05, 0) is 74.7 Å². The second kappa shape index (κ2) is 14.0. The minimum Gasteiger partial charge on any atom is -0.494 e. The Morgan fingerprint density at radius 3 is 2.24 bits per heavy atom. The zero-order valence-electron chi connectivity index (χ0n) is 20.4. The number of carbonyl (C=O) groups is 1. The topological polar surface area (TPSA) is 99.5 Å². The van der Waals surface area contributed by atoms with E-state index in [-0.39, 0.29) is 0 Å². The average Bonchev–Trinajstić information content (AvgIpc) is 3.18. The van der Waals surface area contributed by atoms with Crippen molar-refractivity contribution in [2.75, 3.05) is 34.0 Å². The van der Waals surface area contributed by atoms with E-state index in [4.69, 9.17) is 19.0 Å². The van der Waals surface area contributed by atoms with Crippen LogP contribution in [0.4, 0.5) is 0 Å². The summed E-state index contributed by atoms with van der Waals surface area (Å²) in [6.45, 7) is 5.85. The zero-order chi connectivity index (χ0) is 24.9. The fourth-order valence-corrected chi connectivity index (χ4v) is 3.97. The largest absolute Gasteiger partial charge is 0.494 e. The quantitative estimate of drug-likeness (QED) is 0.441. The van der Waals surface area contributed by atoms with Gasteiger partial charge in [0.05, 0.1) is 30.0 Å². The Bertz CT molecular complexity index is 1070. The van der Waals surface area contributed by atoms with Crippen LogP contribution in [0.25, 0.3) is 22.2 Å². The molecule has 0 unspecified atom stereocenters. The summed E-state index contributed by atoms with van der Waals surface area (Å²) in [5, 5.41) is 11.0. The number of hydrogen-bond acceptors (Lipinski definition) is 6. The predicted molar refractivity (Wildman–Crippen MR) is 135 cm³/mol. The van der Waals surface area contributed by atoms with Gasteiger partial charge in [0.2, 0.25) is 0 Å². The van der Waals surface area contributed by atoms with E-state index in [0.717, 1.165) is 58.5 Å². The molecule has 2 aromatic carbocycles. The summed E-state index contributed by atoms with van der Waals surface area (Å²) in [6, 6.07) is 17.0. The number of fused-ring (bicyclic) bond motifs is 1. The lowest BCUT2D eigenvalue weighted by molar-refractivity contribution is -0.0979. The number of carbonyl (C=O) groups excluding carboxylic acids is 1. The average molecular weight is 466 g/mol. The highest BCUT2D eigenvalue weighted by Gasteiger charge is 2.28. The molecule has 0 amide bonds. The van der Waals surface area contributed by atoms with E-state index in [2.05, 4.69) is 41.5 Å². The van der Waals surface area contributed by atoms with E-state index in [9.17, 15) is 5.26 Å². The van der Waals surface area contributed by atoms with Crippen molar-refractivity contribution in [1.82, 2.24) is 4.57 Å². The van der Waals surface area contributed by atoms with E-state index in [0.29, 0.717) is 25.9 Å². The van der Waals surface area contributed by atoms with Gasteiger partial charge in [-0.3, -0.25) is 0 Å². The van der Waals surface area contributed by atoms with Crippen LogP contribution in [0.2, 0.25) is 0 Å². The Labute approximate surface area is 202 Å². The van der Waals surface area contributed by atoms with Crippen LogP contribution < -0.4 is 15.2 Å². The van der Waals surface area contributed by atoms with Gasteiger partial charge in [-0.1, -0.05) is 6.92 Å². The van der Waals surface area contributed by atoms with Crippen molar-refractivity contribution >= 4 is 17.7 Å². The van der Waals surface area contributed by atoms with Gasteiger partial charge in [-0.25, -0.2) is 0 Å². The van der Waals surface area contributed by atoms with Crippen molar-refractivity contribution in [3.63, 3.8) is 0 Å². The zero-order valence-corrected chi connectivity index (χ0v) is 20.4. The Balaban J connectivity index is 0.000000970. The highest BCUT2D eigenvalue weighted by molar-refractivity contribution is 5.95. The molecule has 0 atom stereocenters. The Morgan fingerprint density at radius 2 is 1.68 bits per heavy atom. The van der Waals surface area contributed by atoms with Crippen molar-refractivity contribution in [2.45, 2.75) is 38.6 Å². The molecule has 1 heterocycles. The third kappa shape index (κ3) is 5.96. The van der Waals surface area contributed by atoms with E-state index in [1.807, 2.05) is 31.1 Å². The highest BCUT2D eigenvalue weighted by Crippen LogP contribution is 2.43. The summed E-state index contributed by atoms with van der Waals surface area (Å²) in [4.78, 5) is 8.00. The first kappa shape index (κ1) is 26.9. The molecule has 1 aromatic heterocycles. The van der Waals surface area contributed by atoms with Crippen molar-refractivity contribution in [3.05, 3.63) is 48.0 Å². The van der Waals surface area contributed by atoms with Gasteiger partial charge in [0.15, 0.2) is 0 Å². The van der Waals surface area contributed by atoms with Crippen molar-refractivity contribution in [2.24, 2.45) is 5.73 Å². The smallest absolute Gasteiger partial charge is 0.121 e. The summed E-state index contributed by atoms with van der Waals surface area (Å²) >= 11 is 0. The fraction of sp³-hybridized carbons (Fsp3) is 0.407. The van der Waals surface area contributed by atoms with E-state index >= 15 is 0 Å². The van der Waals surface area contributed by atoms with Gasteiger partial charge < -0.3 is 29.3 Å². The molecule has 4 rings (SSSR count). The molecule has 3 aromatic rings. The van der Waals surface area contributed by atoms with Gasteiger partial charge in [0.25, 0.3) is 0 Å². The maximum Gasteiger partial charge on any atom is 0.121 e. The first-order chi connectivity index (χ1) is 16.8. The second-order valence-corrected chi connectivity index (χ2v) is 7.68. The number of benzene rings is 2. The van der Waals surface area contributed by atoms with Crippen LogP contribution in [0.15, 0.2) is 42.5 Å². The van der Waals surface area contributed by atoms with Gasteiger partial charge in [-0.2, -0.15) is 5.26 Å². The summed E-state index contributed by atoms with van der Waals surface area (Å²) in [5.74, 6) is 1.66. The molecule has 0 spiro atoms. The van der Waals surface area contributed by atoms with Gasteiger partial charge in [0, 0.05) is 24.6 Å². The monoisotopic (exact) mass is 465 g/mol. The minimum absolute atomic E-state index is 0.412. The Morgan fingerprint density at radius 1 is 1.03 bits per heavy atom. The van der Waals surface area contributed by atoms with Gasteiger partial charge >= 0.3 is 0 Å². The van der Waals surface area contributed by atoms with Crippen molar-refractivity contribution in [3.8, 4) is 28.8 Å². The summed E-state index contributed by atoms with van der Waals surface area (Å²) in [6.07, 6.45) is 4.47. The molecule has 0 radical (unpaired) electrons. The van der Waals surface area contributed by atoms with Crippen molar-refractivity contribution in [1.29, 1.82) is 5.26 Å². The molecule has 0 bridgehead atoms. The predicted octanol–water partition coefficient (Wildman–Crippen LogP) is 5.11. The molecular formula is C27H35N3O4. The Kier molecular flexibility index (Phi) is 11.1. The SMILES string of the molecule is C=O.CCCOc1ccc(-c2c(C#N)c3ccc(OCCOC)cc3n2C2CCC2)cc1.CN. The van der Waals surface area contributed by atoms with Crippen molar-refractivity contribution < 1.29 is 19.0 Å². The molecule has 1 aliphatic carbocycles. The molecule has 34 heavy (non-hydrogen) atoms. The van der Waals surface area contributed by atoms with E-state index in [1.54, 1.807) is 7.11 Å². The molecule has 2 N–H and O–H groups in total. The molecule has 1 aliphatic rings. The summed E-state index contributed by atoms with van der Waals surface area (Å²) in [7, 11) is 3.17. The first-order valence-electron chi connectivity index (χ1n) is 11.6. The lowest BCUT2D eigenvalue weighted by atomic mass is 9.92. The minimum atomic E-state index is 0.412. The standard InChI is InChI=1S/C25H28N2O3.CH5N.CH2O/c1-3-13-29-20-9-7-18(8-10-20)25-23(17-26)22-12-11-21(30-15-14-28-2)16-24(22)27(25)19-5-4-6-19;2*1-2/h7-12,16,19H,3-6,13-15H2,1-2H3;2H2,1H3;1H2. The van der Waals surface area contributed by atoms with E-state index < -0.39 is 0 Å². The fourth-order valence-electron chi connectivity index (χ4n) is 3.97. The number of nitrogens with two attached hydrogens (primary N) is 1. The van der Waals surface area contributed by atoms with Crippen LogP contribution in [-0.4, -0.2) is 45.3 Å². The highest BCUT2D eigenvalue weighted by atomic mass is 16.5. The van der Waals surface area contributed by atoms with Crippen LogP contribution in [0, 0.1) is 11.3 Å². The number of rotatable bonds is 9. The normalized spacial score (nSPS) is 12.4. The van der Waals surface area contributed by atoms with Crippen LogP contribution in [0.5, 0.6) is 11.5 Å². The summed E-state index contributed by atoms with van der Waals surface area (Å²) < 4.78 is 19.0. The first-order valence-corrected chi connectivity index (χ1v) is 11.6. The Hall–Kier alpha value is -3.34. The van der Waals surface area contributed by atoms with Crippen LogP contribution in [0.3, 0.4) is 0 Å². The van der Waals surface area contributed by atoms with Gasteiger partial charge in [-0.15, -0.1) is 0 Å². The molecule has 7 nitrogen and oxygen atoms in total. The number of ether oxygens (including phenoxy) is 3. The maximum atomic E-state index is 10.0. The lowest BCUT2D eigenvalue weighted by Gasteiger charge is -2.30. The molecule has 1 fully saturated rings. The van der Waals surface area contributed by atoms with Crippen LogP contribution in [0.1, 0.15) is 44.2 Å². The number of aromatic nitrogens is 1. The van der Waals surface area contributed by atoms with Crippen LogP contribution in [-0.2, 0) is 9.53 Å². The molecule has 0 saturated heterocycles. The number of methoxy groups -OCH3 is 1.